The quantitative estimate of drug-likeness (QED) is 0.878. The Hall–Kier alpha value is -2.08. The molecule has 0 bridgehead atoms. The molecule has 2 atom stereocenters. The number of hydrogen-bond acceptors (Lipinski definition) is 4. The van der Waals surface area contributed by atoms with Crippen molar-refractivity contribution in [1.29, 1.82) is 0 Å². The standard InChI is InChI=1S/C21H24N2O3.ClH/c1-25-18-8-7-16-12-19(15-5-3-2-4-6-15)23(14-17(16)11-18)21(24)20-13-22-9-10-26-20;/h2-8,11,19-20,22H,9-10,12-14H2,1H3;1H. The van der Waals surface area contributed by atoms with Crippen LogP contribution < -0.4 is 10.1 Å². The third kappa shape index (κ3) is 4.10. The van der Waals surface area contributed by atoms with Gasteiger partial charge in [0.2, 0.25) is 0 Å². The van der Waals surface area contributed by atoms with Crippen LogP contribution in [0.15, 0.2) is 48.5 Å². The number of nitrogens with one attached hydrogen (secondary N) is 1. The van der Waals surface area contributed by atoms with Crippen molar-refractivity contribution >= 4 is 18.3 Å². The van der Waals surface area contributed by atoms with Crippen molar-refractivity contribution in [3.63, 3.8) is 0 Å². The average molecular weight is 389 g/mol. The highest BCUT2D eigenvalue weighted by atomic mass is 35.5. The summed E-state index contributed by atoms with van der Waals surface area (Å²) in [6.45, 7) is 2.52. The predicted molar refractivity (Wildman–Crippen MR) is 106 cm³/mol. The maximum absolute atomic E-state index is 13.2. The van der Waals surface area contributed by atoms with Crippen LogP contribution in [-0.4, -0.2) is 43.7 Å². The number of ether oxygens (including phenoxy) is 2. The third-order valence-electron chi connectivity index (χ3n) is 5.21. The van der Waals surface area contributed by atoms with E-state index in [0.29, 0.717) is 19.7 Å². The highest BCUT2D eigenvalue weighted by molar-refractivity contribution is 5.85. The van der Waals surface area contributed by atoms with Crippen LogP contribution in [0.25, 0.3) is 0 Å². The van der Waals surface area contributed by atoms with E-state index in [1.54, 1.807) is 7.11 Å². The maximum atomic E-state index is 13.2. The summed E-state index contributed by atoms with van der Waals surface area (Å²) < 4.78 is 11.1. The number of rotatable bonds is 3. The maximum Gasteiger partial charge on any atom is 0.253 e. The topological polar surface area (TPSA) is 50.8 Å². The Morgan fingerprint density at radius 1 is 1.19 bits per heavy atom. The first-order valence-corrected chi connectivity index (χ1v) is 9.10. The molecule has 0 radical (unpaired) electrons. The minimum Gasteiger partial charge on any atom is -0.497 e. The van der Waals surface area contributed by atoms with Crippen LogP contribution in [0.3, 0.4) is 0 Å². The first-order chi connectivity index (χ1) is 12.8. The number of benzene rings is 2. The molecule has 1 amide bonds. The Balaban J connectivity index is 0.00000210. The molecule has 0 saturated carbocycles. The van der Waals surface area contributed by atoms with E-state index in [0.717, 1.165) is 29.8 Å². The molecule has 1 saturated heterocycles. The smallest absolute Gasteiger partial charge is 0.253 e. The number of fused-ring (bicyclic) bond motifs is 1. The second kappa shape index (κ2) is 8.74. The van der Waals surface area contributed by atoms with Gasteiger partial charge in [-0.3, -0.25) is 4.79 Å². The second-order valence-electron chi connectivity index (χ2n) is 6.79. The van der Waals surface area contributed by atoms with Gasteiger partial charge in [-0.05, 0) is 35.2 Å². The fourth-order valence-corrected chi connectivity index (χ4v) is 3.80. The van der Waals surface area contributed by atoms with Gasteiger partial charge in [-0.1, -0.05) is 36.4 Å². The van der Waals surface area contributed by atoms with Crippen LogP contribution in [0.2, 0.25) is 0 Å². The zero-order valence-electron chi connectivity index (χ0n) is 15.4. The van der Waals surface area contributed by atoms with Gasteiger partial charge in [0.05, 0.1) is 19.8 Å². The van der Waals surface area contributed by atoms with Gasteiger partial charge in [0.1, 0.15) is 11.9 Å². The van der Waals surface area contributed by atoms with Crippen molar-refractivity contribution in [3.8, 4) is 5.75 Å². The van der Waals surface area contributed by atoms with Gasteiger partial charge in [0.25, 0.3) is 5.91 Å². The number of morpholine rings is 1. The molecule has 2 aromatic rings. The average Bonchev–Trinajstić information content (AvgIpc) is 2.73. The normalized spacial score (nSPS) is 21.7. The van der Waals surface area contributed by atoms with Crippen molar-refractivity contribution in [2.45, 2.75) is 25.1 Å². The lowest BCUT2D eigenvalue weighted by molar-refractivity contribution is -0.149. The van der Waals surface area contributed by atoms with Gasteiger partial charge in [0.15, 0.2) is 0 Å². The van der Waals surface area contributed by atoms with Gasteiger partial charge in [-0.15, -0.1) is 12.4 Å². The molecule has 5 nitrogen and oxygen atoms in total. The van der Waals surface area contributed by atoms with E-state index in [2.05, 4.69) is 23.5 Å². The van der Waals surface area contributed by atoms with E-state index < -0.39 is 6.10 Å². The molecule has 4 rings (SSSR count). The number of nitrogens with zero attached hydrogens (tertiary/aromatic N) is 1. The lowest BCUT2D eigenvalue weighted by Gasteiger charge is -2.39. The summed E-state index contributed by atoms with van der Waals surface area (Å²) in [6, 6.07) is 16.4. The lowest BCUT2D eigenvalue weighted by atomic mass is 9.89. The number of carbonyl (C=O) groups excluding carboxylic acids is 1. The van der Waals surface area contributed by atoms with E-state index in [1.807, 2.05) is 35.2 Å². The van der Waals surface area contributed by atoms with Gasteiger partial charge < -0.3 is 19.7 Å². The van der Waals surface area contributed by atoms with Crippen LogP contribution in [-0.2, 0) is 22.5 Å². The Morgan fingerprint density at radius 3 is 2.70 bits per heavy atom. The van der Waals surface area contributed by atoms with Crippen LogP contribution in [0, 0.1) is 0 Å². The first-order valence-electron chi connectivity index (χ1n) is 9.10. The summed E-state index contributed by atoms with van der Waals surface area (Å²) in [5.41, 5.74) is 3.58. The lowest BCUT2D eigenvalue weighted by Crippen LogP contribution is -2.51. The zero-order valence-corrected chi connectivity index (χ0v) is 16.2. The highest BCUT2D eigenvalue weighted by Crippen LogP contribution is 2.35. The molecule has 1 N–H and O–H groups in total. The minimum absolute atomic E-state index is 0. The molecule has 27 heavy (non-hydrogen) atoms. The fraction of sp³-hybridized carbons (Fsp3) is 0.381. The van der Waals surface area contributed by atoms with Crippen LogP contribution in [0.1, 0.15) is 22.7 Å². The number of carbonyl (C=O) groups is 1. The van der Waals surface area contributed by atoms with Crippen LogP contribution >= 0.6 is 12.4 Å². The summed E-state index contributed by atoms with van der Waals surface area (Å²) in [5, 5.41) is 3.25. The highest BCUT2D eigenvalue weighted by Gasteiger charge is 2.35. The summed E-state index contributed by atoms with van der Waals surface area (Å²) in [7, 11) is 1.67. The molecule has 2 aliphatic rings. The Labute approximate surface area is 166 Å². The molecule has 2 aromatic carbocycles. The monoisotopic (exact) mass is 388 g/mol. The minimum atomic E-state index is -0.415. The molecule has 0 aliphatic carbocycles. The molecular weight excluding hydrogens is 364 g/mol. The summed E-state index contributed by atoms with van der Waals surface area (Å²) in [5.74, 6) is 0.879. The zero-order chi connectivity index (χ0) is 17.9. The molecule has 1 fully saturated rings. The summed E-state index contributed by atoms with van der Waals surface area (Å²) >= 11 is 0. The van der Waals surface area contributed by atoms with Crippen molar-refractivity contribution in [2.24, 2.45) is 0 Å². The van der Waals surface area contributed by atoms with Crippen molar-refractivity contribution in [2.75, 3.05) is 26.8 Å². The largest absolute Gasteiger partial charge is 0.497 e. The van der Waals surface area contributed by atoms with E-state index in [-0.39, 0.29) is 24.4 Å². The Bertz CT molecular complexity index is 778. The molecule has 0 aromatic heterocycles. The number of hydrogen-bond donors (Lipinski definition) is 1. The Morgan fingerprint density at radius 2 is 2.00 bits per heavy atom. The fourth-order valence-electron chi connectivity index (χ4n) is 3.80. The predicted octanol–water partition coefficient (Wildman–Crippen LogP) is 2.73. The second-order valence-corrected chi connectivity index (χ2v) is 6.79. The van der Waals surface area contributed by atoms with Gasteiger partial charge in [0, 0.05) is 19.6 Å². The summed E-state index contributed by atoms with van der Waals surface area (Å²) in [6.07, 6.45) is 0.386. The van der Waals surface area contributed by atoms with Crippen molar-refractivity contribution in [1.82, 2.24) is 10.2 Å². The summed E-state index contributed by atoms with van der Waals surface area (Å²) in [4.78, 5) is 15.2. The van der Waals surface area contributed by atoms with E-state index >= 15 is 0 Å². The first kappa shape index (κ1) is 19.7. The molecule has 2 heterocycles. The number of methoxy groups -OCH3 is 1. The van der Waals surface area contributed by atoms with Crippen LogP contribution in [0.5, 0.6) is 5.75 Å². The van der Waals surface area contributed by atoms with Crippen LogP contribution in [0.4, 0.5) is 0 Å². The number of amides is 1. The van der Waals surface area contributed by atoms with Gasteiger partial charge in [-0.25, -0.2) is 0 Å². The third-order valence-corrected chi connectivity index (χ3v) is 5.21. The molecule has 144 valence electrons. The van der Waals surface area contributed by atoms with E-state index in [1.165, 1.54) is 5.56 Å². The molecule has 6 heteroatoms. The van der Waals surface area contributed by atoms with Crippen molar-refractivity contribution < 1.29 is 14.3 Å². The molecule has 0 spiro atoms. The van der Waals surface area contributed by atoms with Gasteiger partial charge >= 0.3 is 0 Å². The van der Waals surface area contributed by atoms with E-state index in [4.69, 9.17) is 9.47 Å². The molecule has 2 aliphatic heterocycles. The van der Waals surface area contributed by atoms with E-state index in [9.17, 15) is 4.79 Å². The van der Waals surface area contributed by atoms with Crippen molar-refractivity contribution in [3.05, 3.63) is 65.2 Å². The molecular formula is C21H25ClN2O3. The van der Waals surface area contributed by atoms with Gasteiger partial charge in [-0.2, -0.15) is 0 Å². The number of halogens is 1. The molecule has 2 unspecified atom stereocenters. The Kier molecular flexibility index (Phi) is 6.37. The SMILES string of the molecule is COc1ccc2c(c1)CN(C(=O)C1CNCCO1)C(c1ccccc1)C2.Cl.